The zero-order valence-electron chi connectivity index (χ0n) is 11.5. The van der Waals surface area contributed by atoms with Gasteiger partial charge in [0.15, 0.2) is 0 Å². The number of hydrogen-bond donors (Lipinski definition) is 1. The lowest BCUT2D eigenvalue weighted by Gasteiger charge is -2.28. The van der Waals surface area contributed by atoms with Crippen molar-refractivity contribution in [3.8, 4) is 0 Å². The largest absolute Gasteiger partial charge is 0.406 e. The lowest BCUT2D eigenvalue weighted by molar-refractivity contribution is -0.165. The second-order valence-electron chi connectivity index (χ2n) is 4.87. The van der Waals surface area contributed by atoms with Crippen molar-refractivity contribution in [2.45, 2.75) is 26.1 Å². The van der Waals surface area contributed by atoms with Gasteiger partial charge in [0.25, 0.3) is 0 Å². The van der Waals surface area contributed by atoms with E-state index in [0.29, 0.717) is 4.90 Å². The third kappa shape index (κ3) is 6.42. The second kappa shape index (κ2) is 6.74. The Labute approximate surface area is 110 Å². The van der Waals surface area contributed by atoms with Crippen LogP contribution in [0, 0.1) is 5.92 Å². The Morgan fingerprint density at radius 2 is 1.68 bits per heavy atom. The first-order valence-corrected chi connectivity index (χ1v) is 5.77. The molecular formula is C11H20F3N3O2. The van der Waals surface area contributed by atoms with Crippen LogP contribution in [0.25, 0.3) is 0 Å². The number of carbonyl (C=O) groups is 2. The quantitative estimate of drug-likeness (QED) is 0.796. The van der Waals surface area contributed by atoms with Crippen molar-refractivity contribution < 1.29 is 22.8 Å². The van der Waals surface area contributed by atoms with Gasteiger partial charge in [-0.05, 0) is 5.92 Å². The molecule has 0 heterocycles. The SMILES string of the molecule is CC(C)[C@H](N)C(=O)N(CC(=O)N(C)C)CC(F)(F)F. The normalized spacial score (nSPS) is 13.3. The number of nitrogens with two attached hydrogens (primary N) is 1. The molecule has 0 aliphatic heterocycles. The molecule has 0 saturated carbocycles. The van der Waals surface area contributed by atoms with Gasteiger partial charge in [-0.25, -0.2) is 0 Å². The molecule has 0 saturated heterocycles. The highest BCUT2D eigenvalue weighted by Crippen LogP contribution is 2.17. The molecule has 0 bridgehead atoms. The molecule has 0 radical (unpaired) electrons. The van der Waals surface area contributed by atoms with E-state index in [1.54, 1.807) is 13.8 Å². The molecule has 0 aromatic heterocycles. The van der Waals surface area contributed by atoms with E-state index in [4.69, 9.17) is 5.73 Å². The number of hydrogen-bond acceptors (Lipinski definition) is 3. The minimum absolute atomic E-state index is 0.308. The Hall–Kier alpha value is -1.31. The van der Waals surface area contributed by atoms with Crippen LogP contribution in [0.2, 0.25) is 0 Å². The molecule has 0 aliphatic rings. The summed E-state index contributed by atoms with van der Waals surface area (Å²) in [5.74, 6) is -1.77. The molecule has 0 aromatic carbocycles. The second-order valence-corrected chi connectivity index (χ2v) is 4.87. The monoisotopic (exact) mass is 283 g/mol. The van der Waals surface area contributed by atoms with Crippen molar-refractivity contribution in [3.05, 3.63) is 0 Å². The van der Waals surface area contributed by atoms with Crippen LogP contribution in [-0.2, 0) is 9.59 Å². The summed E-state index contributed by atoms with van der Waals surface area (Å²) in [7, 11) is 2.81. The third-order valence-electron chi connectivity index (χ3n) is 2.51. The van der Waals surface area contributed by atoms with E-state index >= 15 is 0 Å². The number of alkyl halides is 3. The summed E-state index contributed by atoms with van der Waals surface area (Å²) in [6.45, 7) is 1.14. The Morgan fingerprint density at radius 3 is 2.00 bits per heavy atom. The molecule has 5 nitrogen and oxygen atoms in total. The van der Waals surface area contributed by atoms with Crippen LogP contribution in [0.3, 0.4) is 0 Å². The molecule has 112 valence electrons. The minimum atomic E-state index is -4.57. The van der Waals surface area contributed by atoms with Crippen LogP contribution in [0.5, 0.6) is 0 Å². The maximum absolute atomic E-state index is 12.4. The Kier molecular flexibility index (Phi) is 6.28. The van der Waals surface area contributed by atoms with Crippen LogP contribution in [-0.4, -0.2) is 61.0 Å². The summed E-state index contributed by atoms with van der Waals surface area (Å²) in [4.78, 5) is 24.9. The topological polar surface area (TPSA) is 66.6 Å². The summed E-state index contributed by atoms with van der Waals surface area (Å²) in [5, 5.41) is 0. The first-order valence-electron chi connectivity index (χ1n) is 5.77. The van der Waals surface area contributed by atoms with Gasteiger partial charge in [-0.3, -0.25) is 9.59 Å². The fourth-order valence-electron chi connectivity index (χ4n) is 1.23. The molecule has 19 heavy (non-hydrogen) atoms. The van der Waals surface area contributed by atoms with E-state index in [1.165, 1.54) is 14.1 Å². The van der Waals surface area contributed by atoms with Gasteiger partial charge < -0.3 is 15.5 Å². The molecule has 0 rings (SSSR count). The van der Waals surface area contributed by atoms with Crippen LogP contribution in [0.1, 0.15) is 13.8 Å². The Balaban J connectivity index is 4.96. The van der Waals surface area contributed by atoms with Gasteiger partial charge >= 0.3 is 6.18 Å². The van der Waals surface area contributed by atoms with Crippen LogP contribution < -0.4 is 5.73 Å². The van der Waals surface area contributed by atoms with Crippen molar-refractivity contribution in [3.63, 3.8) is 0 Å². The molecule has 1 atom stereocenters. The van der Waals surface area contributed by atoms with Crippen molar-refractivity contribution in [2.24, 2.45) is 11.7 Å². The summed E-state index contributed by atoms with van der Waals surface area (Å²) in [6, 6.07) is -1.06. The maximum atomic E-state index is 12.4. The van der Waals surface area contributed by atoms with E-state index in [0.717, 1.165) is 4.90 Å². The Morgan fingerprint density at radius 1 is 1.21 bits per heavy atom. The van der Waals surface area contributed by atoms with Crippen LogP contribution in [0.15, 0.2) is 0 Å². The first kappa shape index (κ1) is 17.7. The van der Waals surface area contributed by atoms with E-state index in [1.807, 2.05) is 0 Å². The van der Waals surface area contributed by atoms with Gasteiger partial charge in [0.05, 0.1) is 6.04 Å². The predicted octanol–water partition coefficient (Wildman–Crippen LogP) is 0.449. The molecule has 0 aromatic rings. The number of nitrogens with zero attached hydrogens (tertiary/aromatic N) is 2. The predicted molar refractivity (Wildman–Crippen MR) is 64.1 cm³/mol. The molecule has 0 aliphatic carbocycles. The highest BCUT2D eigenvalue weighted by molar-refractivity contribution is 5.87. The lowest BCUT2D eigenvalue weighted by Crippen LogP contribution is -2.52. The van der Waals surface area contributed by atoms with E-state index in [-0.39, 0.29) is 5.92 Å². The van der Waals surface area contributed by atoms with E-state index < -0.39 is 37.1 Å². The van der Waals surface area contributed by atoms with Gasteiger partial charge in [0.2, 0.25) is 11.8 Å². The van der Waals surface area contributed by atoms with Gasteiger partial charge in [-0.1, -0.05) is 13.8 Å². The minimum Gasteiger partial charge on any atom is -0.347 e. The van der Waals surface area contributed by atoms with Crippen molar-refractivity contribution in [2.75, 3.05) is 27.2 Å². The summed E-state index contributed by atoms with van der Waals surface area (Å²) in [6.07, 6.45) is -4.57. The van der Waals surface area contributed by atoms with Crippen molar-refractivity contribution in [1.82, 2.24) is 9.80 Å². The number of rotatable bonds is 5. The van der Waals surface area contributed by atoms with Crippen LogP contribution >= 0.6 is 0 Å². The zero-order chi connectivity index (χ0) is 15.4. The van der Waals surface area contributed by atoms with Crippen molar-refractivity contribution in [1.29, 1.82) is 0 Å². The highest BCUT2D eigenvalue weighted by atomic mass is 19.4. The molecule has 0 spiro atoms. The maximum Gasteiger partial charge on any atom is 0.406 e. The van der Waals surface area contributed by atoms with Crippen molar-refractivity contribution >= 4 is 11.8 Å². The first-order chi connectivity index (χ1) is 8.45. The number of amides is 2. The lowest BCUT2D eigenvalue weighted by atomic mass is 10.0. The molecule has 8 heteroatoms. The average Bonchev–Trinajstić information content (AvgIpc) is 2.23. The third-order valence-corrected chi connectivity index (χ3v) is 2.51. The van der Waals surface area contributed by atoms with Gasteiger partial charge in [0, 0.05) is 14.1 Å². The highest BCUT2D eigenvalue weighted by Gasteiger charge is 2.36. The number of carbonyl (C=O) groups excluding carboxylic acids is 2. The standard InChI is InChI=1S/C11H20F3N3O2/c1-7(2)9(15)10(19)17(6-11(12,13)14)5-8(18)16(3)4/h7,9H,5-6,15H2,1-4H3/t9-/m0/s1. The van der Waals surface area contributed by atoms with Gasteiger partial charge in [0.1, 0.15) is 13.1 Å². The molecule has 2 N–H and O–H groups in total. The fourth-order valence-corrected chi connectivity index (χ4v) is 1.23. The average molecular weight is 283 g/mol. The number of halogens is 3. The molecule has 0 unspecified atom stereocenters. The van der Waals surface area contributed by atoms with Gasteiger partial charge in [-0.2, -0.15) is 13.2 Å². The fraction of sp³-hybridized carbons (Fsp3) is 0.818. The van der Waals surface area contributed by atoms with E-state index in [9.17, 15) is 22.8 Å². The summed E-state index contributed by atoms with van der Waals surface area (Å²) < 4.78 is 37.3. The van der Waals surface area contributed by atoms with Gasteiger partial charge in [-0.15, -0.1) is 0 Å². The summed E-state index contributed by atoms with van der Waals surface area (Å²) >= 11 is 0. The molecular weight excluding hydrogens is 263 g/mol. The molecule has 0 fully saturated rings. The van der Waals surface area contributed by atoms with Crippen LogP contribution in [0.4, 0.5) is 13.2 Å². The zero-order valence-corrected chi connectivity index (χ0v) is 11.5. The molecule has 2 amide bonds. The number of likely N-dealkylation sites (N-methyl/N-ethyl adjacent to an activating group) is 1. The smallest absolute Gasteiger partial charge is 0.347 e. The Bertz CT molecular complexity index is 330. The van der Waals surface area contributed by atoms with E-state index in [2.05, 4.69) is 0 Å². The summed E-state index contributed by atoms with van der Waals surface area (Å²) in [5.41, 5.74) is 5.55.